The zero-order chi connectivity index (χ0) is 15.7. The fourth-order valence-electron chi connectivity index (χ4n) is 2.22. The molecule has 3 nitrogen and oxygen atoms in total. The number of hydrogen-bond donors (Lipinski definition) is 1. The molecule has 5 heteroatoms. The van der Waals surface area contributed by atoms with Crippen molar-refractivity contribution >= 4 is 10.0 Å². The van der Waals surface area contributed by atoms with Crippen molar-refractivity contribution in [2.24, 2.45) is 0 Å². The Morgan fingerprint density at radius 1 is 1.05 bits per heavy atom. The molecular formula is C16H18FNO2S. The first-order valence-electron chi connectivity index (χ1n) is 6.58. The topological polar surface area (TPSA) is 46.2 Å². The molecule has 0 atom stereocenters. The van der Waals surface area contributed by atoms with Crippen LogP contribution in [-0.4, -0.2) is 8.42 Å². The van der Waals surface area contributed by atoms with Crippen molar-refractivity contribution in [2.75, 3.05) is 0 Å². The SMILES string of the molecule is Cc1cc(F)ccc1S(=O)(=O)NC(C)(C)c1ccccc1. The van der Waals surface area contributed by atoms with Crippen molar-refractivity contribution < 1.29 is 12.8 Å². The maximum atomic E-state index is 13.1. The first kappa shape index (κ1) is 15.7. The van der Waals surface area contributed by atoms with Crippen LogP contribution in [0.5, 0.6) is 0 Å². The lowest BCUT2D eigenvalue weighted by atomic mass is 9.96. The van der Waals surface area contributed by atoms with Crippen molar-refractivity contribution in [1.29, 1.82) is 0 Å². The molecule has 0 aliphatic rings. The fourth-order valence-corrected chi connectivity index (χ4v) is 3.85. The largest absolute Gasteiger partial charge is 0.241 e. The van der Waals surface area contributed by atoms with Crippen LogP contribution >= 0.6 is 0 Å². The van der Waals surface area contributed by atoms with E-state index in [2.05, 4.69) is 4.72 Å². The molecule has 2 aromatic rings. The highest BCUT2D eigenvalue weighted by atomic mass is 32.2. The van der Waals surface area contributed by atoms with Crippen LogP contribution in [0.4, 0.5) is 4.39 Å². The van der Waals surface area contributed by atoms with Gasteiger partial charge in [-0.2, -0.15) is 0 Å². The Balaban J connectivity index is 2.37. The first-order valence-corrected chi connectivity index (χ1v) is 8.06. The zero-order valence-corrected chi connectivity index (χ0v) is 13.0. The second-order valence-electron chi connectivity index (χ2n) is 5.51. The number of sulfonamides is 1. The molecule has 0 fully saturated rings. The van der Waals surface area contributed by atoms with E-state index in [0.717, 1.165) is 11.6 Å². The number of hydrogen-bond acceptors (Lipinski definition) is 2. The molecule has 112 valence electrons. The van der Waals surface area contributed by atoms with E-state index in [1.165, 1.54) is 12.1 Å². The van der Waals surface area contributed by atoms with Gasteiger partial charge in [0.05, 0.1) is 10.4 Å². The van der Waals surface area contributed by atoms with Crippen LogP contribution in [-0.2, 0) is 15.6 Å². The highest BCUT2D eigenvalue weighted by Gasteiger charge is 2.28. The number of benzene rings is 2. The summed E-state index contributed by atoms with van der Waals surface area (Å²) in [6, 6.07) is 13.0. The molecule has 0 amide bonds. The van der Waals surface area contributed by atoms with Crippen molar-refractivity contribution in [3.8, 4) is 0 Å². The van der Waals surface area contributed by atoms with E-state index in [1.807, 2.05) is 30.3 Å². The molecule has 21 heavy (non-hydrogen) atoms. The van der Waals surface area contributed by atoms with E-state index in [1.54, 1.807) is 20.8 Å². The standard InChI is InChI=1S/C16H18FNO2S/c1-12-11-14(17)9-10-15(12)21(19,20)18-16(2,3)13-7-5-4-6-8-13/h4-11,18H,1-3H3. The van der Waals surface area contributed by atoms with Gasteiger partial charge in [0.1, 0.15) is 5.82 Å². The van der Waals surface area contributed by atoms with Gasteiger partial charge in [0.25, 0.3) is 0 Å². The molecule has 0 radical (unpaired) electrons. The Labute approximate surface area is 124 Å². The van der Waals surface area contributed by atoms with E-state index < -0.39 is 21.4 Å². The Hall–Kier alpha value is -1.72. The summed E-state index contributed by atoms with van der Waals surface area (Å²) in [5.41, 5.74) is 0.473. The minimum Gasteiger partial charge on any atom is -0.207 e. The summed E-state index contributed by atoms with van der Waals surface area (Å²) in [5, 5.41) is 0. The highest BCUT2D eigenvalue weighted by Crippen LogP contribution is 2.24. The van der Waals surface area contributed by atoms with Crippen LogP contribution in [0.3, 0.4) is 0 Å². The minimum atomic E-state index is -3.73. The van der Waals surface area contributed by atoms with Crippen LogP contribution in [0, 0.1) is 12.7 Å². The summed E-state index contributed by atoms with van der Waals surface area (Å²) < 4.78 is 40.8. The minimum absolute atomic E-state index is 0.0907. The molecule has 0 heterocycles. The Morgan fingerprint density at radius 2 is 1.67 bits per heavy atom. The van der Waals surface area contributed by atoms with Crippen LogP contribution in [0.2, 0.25) is 0 Å². The van der Waals surface area contributed by atoms with Gasteiger partial charge in [-0.3, -0.25) is 0 Å². The molecule has 2 rings (SSSR count). The normalized spacial score (nSPS) is 12.4. The molecule has 0 spiro atoms. The van der Waals surface area contributed by atoms with Gasteiger partial charge in [-0.15, -0.1) is 0 Å². The zero-order valence-electron chi connectivity index (χ0n) is 12.2. The van der Waals surface area contributed by atoms with Crippen LogP contribution in [0.25, 0.3) is 0 Å². The number of halogens is 1. The van der Waals surface area contributed by atoms with Gasteiger partial charge < -0.3 is 0 Å². The van der Waals surface area contributed by atoms with Crippen LogP contribution < -0.4 is 4.72 Å². The molecule has 0 aliphatic carbocycles. The van der Waals surface area contributed by atoms with Crippen LogP contribution in [0.1, 0.15) is 25.0 Å². The molecule has 0 aromatic heterocycles. The summed E-state index contributed by atoms with van der Waals surface area (Å²) in [6.07, 6.45) is 0. The van der Waals surface area contributed by atoms with Crippen molar-refractivity contribution in [2.45, 2.75) is 31.2 Å². The Morgan fingerprint density at radius 3 is 2.24 bits per heavy atom. The van der Waals surface area contributed by atoms with Gasteiger partial charge in [0.15, 0.2) is 0 Å². The molecule has 0 saturated carbocycles. The third-order valence-corrected chi connectivity index (χ3v) is 5.13. The smallest absolute Gasteiger partial charge is 0.207 e. The lowest BCUT2D eigenvalue weighted by Crippen LogP contribution is -2.41. The summed E-state index contributed by atoms with van der Waals surface area (Å²) in [7, 11) is -3.73. The predicted molar refractivity (Wildman–Crippen MR) is 80.9 cm³/mol. The maximum absolute atomic E-state index is 13.1. The van der Waals surface area contributed by atoms with Gasteiger partial charge in [-0.1, -0.05) is 30.3 Å². The molecule has 2 aromatic carbocycles. The Bertz CT molecular complexity index is 740. The Kier molecular flexibility index (Phi) is 4.16. The summed E-state index contributed by atoms with van der Waals surface area (Å²) >= 11 is 0. The van der Waals surface area contributed by atoms with Gasteiger partial charge in [0, 0.05) is 0 Å². The van der Waals surface area contributed by atoms with Gasteiger partial charge in [0.2, 0.25) is 10.0 Å². The van der Waals surface area contributed by atoms with Crippen molar-refractivity contribution in [3.63, 3.8) is 0 Å². The summed E-state index contributed by atoms with van der Waals surface area (Å²) in [5.74, 6) is -0.450. The monoisotopic (exact) mass is 307 g/mol. The third-order valence-electron chi connectivity index (χ3n) is 3.31. The molecule has 0 aliphatic heterocycles. The van der Waals surface area contributed by atoms with Crippen LogP contribution in [0.15, 0.2) is 53.4 Å². The maximum Gasteiger partial charge on any atom is 0.241 e. The molecular weight excluding hydrogens is 289 g/mol. The van der Waals surface area contributed by atoms with Gasteiger partial charge in [-0.05, 0) is 50.1 Å². The number of rotatable bonds is 4. The summed E-state index contributed by atoms with van der Waals surface area (Å²) in [4.78, 5) is 0.0907. The second-order valence-corrected chi connectivity index (χ2v) is 7.16. The van der Waals surface area contributed by atoms with Gasteiger partial charge >= 0.3 is 0 Å². The third kappa shape index (κ3) is 3.49. The van der Waals surface area contributed by atoms with Gasteiger partial charge in [-0.25, -0.2) is 17.5 Å². The lowest BCUT2D eigenvalue weighted by Gasteiger charge is -2.27. The lowest BCUT2D eigenvalue weighted by molar-refractivity contribution is 0.471. The molecule has 0 bridgehead atoms. The average Bonchev–Trinajstić information content (AvgIpc) is 2.38. The second kappa shape index (κ2) is 5.58. The highest BCUT2D eigenvalue weighted by molar-refractivity contribution is 7.89. The van der Waals surface area contributed by atoms with E-state index in [0.29, 0.717) is 5.56 Å². The van der Waals surface area contributed by atoms with E-state index in [-0.39, 0.29) is 4.90 Å². The van der Waals surface area contributed by atoms with E-state index in [9.17, 15) is 12.8 Å². The van der Waals surface area contributed by atoms with E-state index in [4.69, 9.17) is 0 Å². The van der Waals surface area contributed by atoms with E-state index >= 15 is 0 Å². The van der Waals surface area contributed by atoms with Crippen molar-refractivity contribution in [3.05, 3.63) is 65.5 Å². The molecule has 1 N–H and O–H groups in total. The average molecular weight is 307 g/mol. The number of nitrogens with one attached hydrogen (secondary N) is 1. The predicted octanol–water partition coefficient (Wildman–Crippen LogP) is 3.35. The number of aryl methyl sites for hydroxylation is 1. The van der Waals surface area contributed by atoms with Crippen molar-refractivity contribution in [1.82, 2.24) is 4.72 Å². The summed E-state index contributed by atoms with van der Waals surface area (Å²) in [6.45, 7) is 5.16. The molecule has 0 saturated heterocycles. The molecule has 0 unspecified atom stereocenters. The first-order chi connectivity index (χ1) is 9.72. The quantitative estimate of drug-likeness (QED) is 0.941. The fraction of sp³-hybridized carbons (Fsp3) is 0.250.